The number of amidine groups is 1. The molecule has 4 nitrogen and oxygen atoms in total. The zero-order chi connectivity index (χ0) is 15.4. The number of nitrogens with one attached hydrogen (secondary N) is 1. The summed E-state index contributed by atoms with van der Waals surface area (Å²) in [6.07, 6.45) is 3.52. The Morgan fingerprint density at radius 3 is 2.76 bits per heavy atom. The molecule has 0 radical (unpaired) electrons. The van der Waals surface area contributed by atoms with Gasteiger partial charge in [-0.15, -0.1) is 0 Å². The highest BCUT2D eigenvalue weighted by Crippen LogP contribution is 2.29. The van der Waals surface area contributed by atoms with Crippen LogP contribution >= 0.6 is 0 Å². The maximum atomic E-state index is 14.0. The second-order valence-electron chi connectivity index (χ2n) is 6.14. The number of hydrogen-bond donors (Lipinski definition) is 3. The molecule has 0 saturated heterocycles. The van der Waals surface area contributed by atoms with Crippen molar-refractivity contribution < 1.29 is 9.60 Å². The van der Waals surface area contributed by atoms with E-state index in [0.29, 0.717) is 29.6 Å². The van der Waals surface area contributed by atoms with Gasteiger partial charge in [-0.3, -0.25) is 0 Å². The van der Waals surface area contributed by atoms with E-state index in [-0.39, 0.29) is 11.7 Å². The summed E-state index contributed by atoms with van der Waals surface area (Å²) < 4.78 is 14.0. The number of oxime groups is 1. The van der Waals surface area contributed by atoms with Crippen LogP contribution in [0, 0.1) is 17.7 Å². The Labute approximate surface area is 125 Å². The van der Waals surface area contributed by atoms with Crippen LogP contribution in [-0.4, -0.2) is 17.1 Å². The van der Waals surface area contributed by atoms with Crippen molar-refractivity contribution in [3.8, 4) is 0 Å². The summed E-state index contributed by atoms with van der Waals surface area (Å²) >= 11 is 0. The number of hydrogen-bond acceptors (Lipinski definition) is 3. The lowest BCUT2D eigenvalue weighted by atomic mass is 9.79. The van der Waals surface area contributed by atoms with Gasteiger partial charge in [0.15, 0.2) is 5.84 Å². The van der Waals surface area contributed by atoms with Gasteiger partial charge in [0.1, 0.15) is 5.82 Å². The minimum Gasteiger partial charge on any atom is -0.409 e. The summed E-state index contributed by atoms with van der Waals surface area (Å²) in [4.78, 5) is 0. The molecule has 4 N–H and O–H groups in total. The van der Waals surface area contributed by atoms with E-state index < -0.39 is 0 Å². The normalized spacial score (nSPS) is 26.8. The fourth-order valence-corrected chi connectivity index (χ4v) is 2.89. The smallest absolute Gasteiger partial charge is 0.170 e. The molecule has 0 heterocycles. The van der Waals surface area contributed by atoms with E-state index in [1.54, 1.807) is 12.1 Å². The lowest BCUT2D eigenvalue weighted by Gasteiger charge is -2.32. The van der Waals surface area contributed by atoms with Gasteiger partial charge in [-0.05, 0) is 37.2 Å². The van der Waals surface area contributed by atoms with Crippen LogP contribution in [0.4, 0.5) is 4.39 Å². The van der Waals surface area contributed by atoms with Crippen LogP contribution in [0.2, 0.25) is 0 Å². The molecule has 0 aromatic heterocycles. The predicted molar refractivity (Wildman–Crippen MR) is 81.7 cm³/mol. The van der Waals surface area contributed by atoms with E-state index in [2.05, 4.69) is 24.3 Å². The molecule has 0 spiro atoms. The summed E-state index contributed by atoms with van der Waals surface area (Å²) in [7, 11) is 0. The number of benzene rings is 1. The maximum absolute atomic E-state index is 14.0. The molecule has 1 aromatic carbocycles. The van der Waals surface area contributed by atoms with Crippen LogP contribution in [-0.2, 0) is 6.54 Å². The maximum Gasteiger partial charge on any atom is 0.170 e. The third-order valence-corrected chi connectivity index (χ3v) is 4.64. The summed E-state index contributed by atoms with van der Waals surface area (Å²) in [5.41, 5.74) is 6.45. The van der Waals surface area contributed by atoms with Crippen LogP contribution in [0.1, 0.15) is 44.2 Å². The minimum absolute atomic E-state index is 0.0801. The van der Waals surface area contributed by atoms with Crippen molar-refractivity contribution in [2.45, 2.75) is 45.7 Å². The van der Waals surface area contributed by atoms with E-state index in [9.17, 15) is 4.39 Å². The average molecular weight is 293 g/mol. The fourth-order valence-electron chi connectivity index (χ4n) is 2.89. The van der Waals surface area contributed by atoms with Crippen LogP contribution in [0.25, 0.3) is 0 Å². The highest BCUT2D eigenvalue weighted by Gasteiger charge is 2.24. The molecule has 3 unspecified atom stereocenters. The molecule has 0 aliphatic heterocycles. The first-order valence-corrected chi connectivity index (χ1v) is 7.51. The Hall–Kier alpha value is -1.62. The van der Waals surface area contributed by atoms with Crippen molar-refractivity contribution in [3.05, 3.63) is 35.1 Å². The molecule has 2 rings (SSSR count). The second kappa shape index (κ2) is 6.89. The molecule has 1 saturated carbocycles. The topological polar surface area (TPSA) is 70.6 Å². The Kier molecular flexibility index (Phi) is 5.17. The van der Waals surface area contributed by atoms with E-state index in [4.69, 9.17) is 10.9 Å². The lowest BCUT2D eigenvalue weighted by Crippen LogP contribution is -2.36. The summed E-state index contributed by atoms with van der Waals surface area (Å²) in [6, 6.07) is 5.11. The Bertz CT molecular complexity index is 518. The zero-order valence-corrected chi connectivity index (χ0v) is 12.6. The van der Waals surface area contributed by atoms with Crippen molar-refractivity contribution in [2.75, 3.05) is 0 Å². The molecule has 1 fully saturated rings. The Morgan fingerprint density at radius 2 is 2.14 bits per heavy atom. The number of halogens is 1. The summed E-state index contributed by atoms with van der Waals surface area (Å²) in [5.74, 6) is 1.08. The van der Waals surface area contributed by atoms with Crippen molar-refractivity contribution in [1.82, 2.24) is 5.32 Å². The molecule has 1 aliphatic carbocycles. The second-order valence-corrected chi connectivity index (χ2v) is 6.14. The van der Waals surface area contributed by atoms with Gasteiger partial charge in [-0.1, -0.05) is 31.1 Å². The third-order valence-electron chi connectivity index (χ3n) is 4.64. The molecule has 1 aromatic rings. The molecular formula is C16H24FN3O. The molecule has 5 heteroatoms. The molecule has 1 aliphatic rings. The van der Waals surface area contributed by atoms with Crippen molar-refractivity contribution in [2.24, 2.45) is 22.7 Å². The van der Waals surface area contributed by atoms with E-state index in [0.717, 1.165) is 18.8 Å². The lowest BCUT2D eigenvalue weighted by molar-refractivity contribution is 0.225. The predicted octanol–water partition coefficient (Wildman–Crippen LogP) is 2.83. The molecule has 0 amide bonds. The van der Waals surface area contributed by atoms with Crippen molar-refractivity contribution in [1.29, 1.82) is 0 Å². The zero-order valence-electron chi connectivity index (χ0n) is 12.6. The average Bonchev–Trinajstić information content (AvgIpc) is 2.48. The molecule has 116 valence electrons. The van der Waals surface area contributed by atoms with Gasteiger partial charge in [-0.25, -0.2) is 4.39 Å². The Morgan fingerprint density at radius 1 is 1.38 bits per heavy atom. The SMILES string of the molecule is CC1CCC(NCc2ccc(C(N)=NO)cc2F)CC1C. The number of nitrogens with two attached hydrogens (primary N) is 1. The quantitative estimate of drug-likeness (QED) is 0.346. The first kappa shape index (κ1) is 15.8. The highest BCUT2D eigenvalue weighted by molar-refractivity contribution is 5.97. The molecular weight excluding hydrogens is 269 g/mol. The number of rotatable bonds is 4. The van der Waals surface area contributed by atoms with E-state index in [1.807, 2.05) is 0 Å². The van der Waals surface area contributed by atoms with Gasteiger partial charge >= 0.3 is 0 Å². The van der Waals surface area contributed by atoms with Gasteiger partial charge in [0, 0.05) is 23.7 Å². The standard InChI is InChI=1S/C16H24FN3O/c1-10-3-6-14(7-11(10)2)19-9-13-5-4-12(8-15(13)17)16(18)20-21/h4-5,8,10-11,14,19,21H,3,6-7,9H2,1-2H3,(H2,18,20). The van der Waals surface area contributed by atoms with Gasteiger partial charge in [0.05, 0.1) is 0 Å². The van der Waals surface area contributed by atoms with E-state index in [1.165, 1.54) is 12.5 Å². The van der Waals surface area contributed by atoms with Gasteiger partial charge in [-0.2, -0.15) is 0 Å². The van der Waals surface area contributed by atoms with E-state index >= 15 is 0 Å². The highest BCUT2D eigenvalue weighted by atomic mass is 19.1. The fraction of sp³-hybridized carbons (Fsp3) is 0.562. The van der Waals surface area contributed by atoms with Gasteiger partial charge < -0.3 is 16.3 Å². The van der Waals surface area contributed by atoms with Crippen LogP contribution in [0.3, 0.4) is 0 Å². The number of nitrogens with zero attached hydrogens (tertiary/aromatic N) is 1. The van der Waals surface area contributed by atoms with Crippen molar-refractivity contribution in [3.63, 3.8) is 0 Å². The molecule has 21 heavy (non-hydrogen) atoms. The first-order chi connectivity index (χ1) is 10.0. The molecule has 0 bridgehead atoms. The monoisotopic (exact) mass is 293 g/mol. The van der Waals surface area contributed by atoms with Gasteiger partial charge in [0.2, 0.25) is 0 Å². The van der Waals surface area contributed by atoms with Crippen LogP contribution in [0.5, 0.6) is 0 Å². The Balaban J connectivity index is 1.95. The largest absolute Gasteiger partial charge is 0.409 e. The summed E-state index contributed by atoms with van der Waals surface area (Å²) in [6.45, 7) is 5.09. The van der Waals surface area contributed by atoms with Gasteiger partial charge in [0.25, 0.3) is 0 Å². The first-order valence-electron chi connectivity index (χ1n) is 7.51. The summed E-state index contributed by atoms with van der Waals surface area (Å²) in [5, 5.41) is 14.9. The van der Waals surface area contributed by atoms with Crippen LogP contribution < -0.4 is 11.1 Å². The van der Waals surface area contributed by atoms with Crippen LogP contribution in [0.15, 0.2) is 23.4 Å². The van der Waals surface area contributed by atoms with Crippen molar-refractivity contribution >= 4 is 5.84 Å². The third kappa shape index (κ3) is 3.94. The minimum atomic E-state index is -0.330. The molecule has 3 atom stereocenters.